The van der Waals surface area contributed by atoms with Gasteiger partial charge < -0.3 is 9.84 Å². The minimum Gasteiger partial charge on any atom is -0.360 e. The van der Waals surface area contributed by atoms with Crippen molar-refractivity contribution in [1.29, 1.82) is 0 Å². The van der Waals surface area contributed by atoms with Crippen LogP contribution in [-0.2, 0) is 10.0 Å². The number of aryl methyl sites for hydroxylation is 2. The van der Waals surface area contributed by atoms with Crippen molar-refractivity contribution in [2.24, 2.45) is 0 Å². The van der Waals surface area contributed by atoms with Crippen molar-refractivity contribution in [3.8, 4) is 0 Å². The molecule has 0 saturated heterocycles. The average Bonchev–Trinajstić information content (AvgIpc) is 3.04. The highest BCUT2D eigenvalue weighted by atomic mass is 32.2. The minimum absolute atomic E-state index is 0.0669. The van der Waals surface area contributed by atoms with E-state index in [4.69, 9.17) is 4.52 Å². The Kier molecular flexibility index (Phi) is 5.00. The van der Waals surface area contributed by atoms with E-state index in [-0.39, 0.29) is 4.90 Å². The first kappa shape index (κ1) is 18.7. The van der Waals surface area contributed by atoms with Crippen LogP contribution in [0.4, 0.5) is 11.5 Å². The number of amides is 1. The Morgan fingerprint density at radius 1 is 1.04 bits per heavy atom. The van der Waals surface area contributed by atoms with E-state index >= 15 is 0 Å². The van der Waals surface area contributed by atoms with E-state index in [1.165, 1.54) is 24.3 Å². The second-order valence-corrected chi connectivity index (χ2v) is 7.84. The van der Waals surface area contributed by atoms with Crippen molar-refractivity contribution < 1.29 is 17.7 Å². The first-order chi connectivity index (χ1) is 12.8. The summed E-state index contributed by atoms with van der Waals surface area (Å²) < 4.78 is 32.7. The number of carbonyl (C=O) groups excluding carboxylic acids is 1. The lowest BCUT2D eigenvalue weighted by molar-refractivity contribution is 0.102. The van der Waals surface area contributed by atoms with Crippen molar-refractivity contribution in [2.45, 2.75) is 25.7 Å². The number of hydrogen-bond donors (Lipinski definition) is 2. The molecule has 0 bridgehead atoms. The molecule has 8 heteroatoms. The van der Waals surface area contributed by atoms with E-state index in [9.17, 15) is 13.2 Å². The Morgan fingerprint density at radius 3 is 2.37 bits per heavy atom. The molecule has 0 aliphatic heterocycles. The predicted octanol–water partition coefficient (Wildman–Crippen LogP) is 3.65. The first-order valence-corrected chi connectivity index (χ1v) is 9.68. The zero-order chi connectivity index (χ0) is 19.6. The summed E-state index contributed by atoms with van der Waals surface area (Å²) in [6.07, 6.45) is 0. The number of hydrogen-bond acceptors (Lipinski definition) is 5. The quantitative estimate of drug-likeness (QED) is 0.698. The van der Waals surface area contributed by atoms with Crippen molar-refractivity contribution >= 4 is 27.4 Å². The van der Waals surface area contributed by atoms with E-state index in [1.54, 1.807) is 25.1 Å². The number of nitrogens with one attached hydrogen (secondary N) is 2. The molecular formula is C19H19N3O4S. The van der Waals surface area contributed by atoms with Gasteiger partial charge in [-0.05, 0) is 62.2 Å². The summed E-state index contributed by atoms with van der Waals surface area (Å²) >= 11 is 0. The van der Waals surface area contributed by atoms with E-state index in [1.807, 2.05) is 19.9 Å². The fourth-order valence-electron chi connectivity index (χ4n) is 2.46. The lowest BCUT2D eigenvalue weighted by atomic mass is 10.1. The van der Waals surface area contributed by atoms with Gasteiger partial charge in [0, 0.05) is 11.6 Å². The van der Waals surface area contributed by atoms with Gasteiger partial charge in [0.25, 0.3) is 15.9 Å². The number of rotatable bonds is 5. The van der Waals surface area contributed by atoms with Gasteiger partial charge in [0.2, 0.25) is 0 Å². The predicted molar refractivity (Wildman–Crippen MR) is 102 cm³/mol. The van der Waals surface area contributed by atoms with Gasteiger partial charge in [-0.2, -0.15) is 0 Å². The second-order valence-electron chi connectivity index (χ2n) is 6.15. The molecule has 0 unspecified atom stereocenters. The Morgan fingerprint density at radius 2 is 1.74 bits per heavy atom. The van der Waals surface area contributed by atoms with Crippen LogP contribution in [0.1, 0.15) is 27.2 Å². The van der Waals surface area contributed by atoms with Gasteiger partial charge in [-0.1, -0.05) is 17.3 Å². The number of anilines is 2. The smallest absolute Gasteiger partial charge is 0.261 e. The number of aromatic nitrogens is 1. The van der Waals surface area contributed by atoms with Crippen LogP contribution >= 0.6 is 0 Å². The third kappa shape index (κ3) is 4.17. The maximum absolute atomic E-state index is 12.6. The summed E-state index contributed by atoms with van der Waals surface area (Å²) in [6.45, 7) is 5.48. The Labute approximate surface area is 157 Å². The lowest BCUT2D eigenvalue weighted by Crippen LogP contribution is -2.15. The minimum atomic E-state index is -3.76. The maximum Gasteiger partial charge on any atom is 0.261 e. The molecule has 0 aliphatic carbocycles. The number of benzene rings is 2. The van der Waals surface area contributed by atoms with Crippen LogP contribution < -0.4 is 10.0 Å². The molecule has 3 aromatic rings. The molecule has 0 atom stereocenters. The molecule has 1 aromatic heterocycles. The van der Waals surface area contributed by atoms with Crippen molar-refractivity contribution in [3.05, 3.63) is 71.0 Å². The molecule has 3 rings (SSSR count). The zero-order valence-electron chi connectivity index (χ0n) is 15.1. The van der Waals surface area contributed by atoms with Crippen LogP contribution in [-0.4, -0.2) is 19.5 Å². The van der Waals surface area contributed by atoms with Crippen molar-refractivity contribution in [2.75, 3.05) is 10.0 Å². The van der Waals surface area contributed by atoms with Crippen LogP contribution in [0.5, 0.6) is 0 Å². The molecule has 0 radical (unpaired) electrons. The third-order valence-corrected chi connectivity index (χ3v) is 5.53. The third-order valence-electron chi connectivity index (χ3n) is 4.15. The second kappa shape index (κ2) is 7.24. The number of carbonyl (C=O) groups is 1. The molecule has 2 N–H and O–H groups in total. The van der Waals surface area contributed by atoms with Gasteiger partial charge in [0.05, 0.1) is 10.6 Å². The fourth-order valence-corrected chi connectivity index (χ4v) is 3.59. The molecule has 0 aliphatic rings. The summed E-state index contributed by atoms with van der Waals surface area (Å²) in [5.74, 6) is 0.463. The highest BCUT2D eigenvalue weighted by Crippen LogP contribution is 2.22. The largest absolute Gasteiger partial charge is 0.360 e. The average molecular weight is 385 g/mol. The van der Waals surface area contributed by atoms with Gasteiger partial charge in [-0.15, -0.1) is 0 Å². The van der Waals surface area contributed by atoms with Gasteiger partial charge in [-0.25, -0.2) is 8.42 Å². The molecule has 1 heterocycles. The SMILES string of the molecule is Cc1cc(NC(=O)c2ccc(S(=O)(=O)Nc3cccc(C)c3C)cc2)no1. The Hall–Kier alpha value is -3.13. The van der Waals surface area contributed by atoms with Crippen LogP contribution in [0.2, 0.25) is 0 Å². The highest BCUT2D eigenvalue weighted by Gasteiger charge is 2.17. The van der Waals surface area contributed by atoms with E-state index in [2.05, 4.69) is 15.2 Å². The van der Waals surface area contributed by atoms with Gasteiger partial charge in [-0.3, -0.25) is 9.52 Å². The molecule has 0 fully saturated rings. The zero-order valence-corrected chi connectivity index (χ0v) is 15.9. The highest BCUT2D eigenvalue weighted by molar-refractivity contribution is 7.92. The summed E-state index contributed by atoms with van der Waals surface area (Å²) in [5.41, 5.74) is 2.69. The van der Waals surface area contributed by atoms with E-state index in [0.717, 1.165) is 11.1 Å². The van der Waals surface area contributed by atoms with Crippen LogP contribution in [0.3, 0.4) is 0 Å². The molecule has 0 spiro atoms. The van der Waals surface area contributed by atoms with Gasteiger partial charge in [0.1, 0.15) is 5.76 Å². The van der Waals surface area contributed by atoms with Crippen molar-refractivity contribution in [3.63, 3.8) is 0 Å². The molecule has 27 heavy (non-hydrogen) atoms. The molecular weight excluding hydrogens is 366 g/mol. The van der Waals surface area contributed by atoms with E-state index in [0.29, 0.717) is 22.8 Å². The summed E-state index contributed by atoms with van der Waals surface area (Å²) in [6, 6.07) is 12.7. The summed E-state index contributed by atoms with van der Waals surface area (Å²) in [5, 5.41) is 6.27. The Bertz CT molecular complexity index is 1090. The van der Waals surface area contributed by atoms with E-state index < -0.39 is 15.9 Å². The number of nitrogens with zero attached hydrogens (tertiary/aromatic N) is 1. The maximum atomic E-state index is 12.6. The van der Waals surface area contributed by atoms with Crippen molar-refractivity contribution in [1.82, 2.24) is 5.16 Å². The molecule has 7 nitrogen and oxygen atoms in total. The Balaban J connectivity index is 1.77. The molecule has 140 valence electrons. The summed E-state index contributed by atoms with van der Waals surface area (Å²) in [4.78, 5) is 12.3. The fraction of sp³-hybridized carbons (Fsp3) is 0.158. The van der Waals surface area contributed by atoms with Crippen LogP contribution in [0.25, 0.3) is 0 Å². The topological polar surface area (TPSA) is 101 Å². The summed E-state index contributed by atoms with van der Waals surface area (Å²) in [7, 11) is -3.76. The number of sulfonamides is 1. The normalized spacial score (nSPS) is 11.2. The monoisotopic (exact) mass is 385 g/mol. The first-order valence-electron chi connectivity index (χ1n) is 8.20. The van der Waals surface area contributed by atoms with Crippen LogP contribution in [0.15, 0.2) is 57.9 Å². The van der Waals surface area contributed by atoms with Crippen LogP contribution in [0, 0.1) is 20.8 Å². The van der Waals surface area contributed by atoms with Gasteiger partial charge in [0.15, 0.2) is 5.82 Å². The molecule has 2 aromatic carbocycles. The molecule has 1 amide bonds. The van der Waals surface area contributed by atoms with Gasteiger partial charge >= 0.3 is 0 Å². The molecule has 0 saturated carbocycles. The standard InChI is InChI=1S/C19H19N3O4S/c1-12-5-4-6-17(14(12)3)22-27(24,25)16-9-7-15(8-10-16)19(23)20-18-11-13(2)26-21-18/h4-11,22H,1-3H3,(H,20,21,23). The lowest BCUT2D eigenvalue weighted by Gasteiger charge is -2.12.